The standard InChI is InChI=1S/C24H32N8O/c1-16-19-15-27-24(28-20-9-8-18(14-26-20)31-12-10-25-11-13-31)29-22(19)32(17-6-4-5-7-17)21(16)23(33)30(2)3/h8-9,14-15,17,25H,4-7,10-13H2,1-3H3,(H,26,27,28,29). The van der Waals surface area contributed by atoms with Gasteiger partial charge in [0.2, 0.25) is 5.95 Å². The van der Waals surface area contributed by atoms with E-state index in [1.54, 1.807) is 19.0 Å². The van der Waals surface area contributed by atoms with Gasteiger partial charge in [0.1, 0.15) is 17.2 Å². The first-order valence-corrected chi connectivity index (χ1v) is 11.8. The van der Waals surface area contributed by atoms with Crippen LogP contribution in [-0.2, 0) is 0 Å². The molecule has 3 aromatic heterocycles. The summed E-state index contributed by atoms with van der Waals surface area (Å²) in [6, 6.07) is 4.34. The average molecular weight is 449 g/mol. The van der Waals surface area contributed by atoms with E-state index in [0.717, 1.165) is 67.0 Å². The van der Waals surface area contributed by atoms with Crippen molar-refractivity contribution >= 4 is 34.4 Å². The van der Waals surface area contributed by atoms with E-state index in [2.05, 4.69) is 36.1 Å². The predicted octanol–water partition coefficient (Wildman–Crippen LogP) is 3.10. The lowest BCUT2D eigenvalue weighted by Crippen LogP contribution is -2.43. The molecule has 1 aliphatic carbocycles. The Morgan fingerprint density at radius 2 is 1.88 bits per heavy atom. The van der Waals surface area contributed by atoms with Gasteiger partial charge in [-0.25, -0.2) is 9.97 Å². The van der Waals surface area contributed by atoms with Gasteiger partial charge in [0.05, 0.1) is 11.9 Å². The minimum absolute atomic E-state index is 0.0112. The number of piperazine rings is 1. The number of nitrogens with zero attached hydrogens (tertiary/aromatic N) is 6. The molecule has 9 nitrogen and oxygen atoms in total. The molecule has 3 aromatic rings. The van der Waals surface area contributed by atoms with Crippen LogP contribution in [0.2, 0.25) is 0 Å². The van der Waals surface area contributed by atoms with E-state index in [-0.39, 0.29) is 5.91 Å². The lowest BCUT2D eigenvalue weighted by molar-refractivity contribution is 0.0814. The highest BCUT2D eigenvalue weighted by Crippen LogP contribution is 2.37. The second-order valence-corrected chi connectivity index (χ2v) is 9.18. The summed E-state index contributed by atoms with van der Waals surface area (Å²) in [6.45, 7) is 5.95. The summed E-state index contributed by atoms with van der Waals surface area (Å²) in [7, 11) is 3.60. The number of carbonyl (C=O) groups is 1. The Morgan fingerprint density at radius 3 is 2.55 bits per heavy atom. The number of hydrogen-bond donors (Lipinski definition) is 2. The summed E-state index contributed by atoms with van der Waals surface area (Å²) >= 11 is 0. The summed E-state index contributed by atoms with van der Waals surface area (Å²) in [4.78, 5) is 31.0. The Hall–Kier alpha value is -3.20. The number of aromatic nitrogens is 4. The molecule has 2 N–H and O–H groups in total. The highest BCUT2D eigenvalue weighted by atomic mass is 16.2. The zero-order valence-corrected chi connectivity index (χ0v) is 19.6. The summed E-state index contributed by atoms with van der Waals surface area (Å²) in [5.74, 6) is 1.20. The maximum Gasteiger partial charge on any atom is 0.270 e. The van der Waals surface area contributed by atoms with Crippen molar-refractivity contribution in [3.8, 4) is 0 Å². The molecule has 0 radical (unpaired) electrons. The van der Waals surface area contributed by atoms with Crippen LogP contribution in [-0.4, -0.2) is 70.6 Å². The summed E-state index contributed by atoms with van der Waals surface area (Å²) in [6.07, 6.45) is 8.22. The number of nitrogens with one attached hydrogen (secondary N) is 2. The SMILES string of the molecule is Cc1c(C(=O)N(C)C)n(C2CCCC2)c2nc(Nc3ccc(N4CCNCC4)cn3)ncc12. The lowest BCUT2D eigenvalue weighted by atomic mass is 10.2. The van der Waals surface area contributed by atoms with E-state index in [4.69, 9.17) is 4.98 Å². The molecule has 0 spiro atoms. The minimum atomic E-state index is 0.0112. The van der Waals surface area contributed by atoms with Gasteiger partial charge in [-0.05, 0) is 37.5 Å². The molecule has 1 saturated carbocycles. The fourth-order valence-corrected chi connectivity index (χ4v) is 4.97. The molecule has 5 rings (SSSR count). The van der Waals surface area contributed by atoms with Crippen molar-refractivity contribution in [2.24, 2.45) is 0 Å². The first-order chi connectivity index (χ1) is 16.0. The Labute approximate surface area is 194 Å². The van der Waals surface area contributed by atoms with E-state index < -0.39 is 0 Å². The molecule has 0 aromatic carbocycles. The Balaban J connectivity index is 1.47. The second-order valence-electron chi connectivity index (χ2n) is 9.18. The Kier molecular flexibility index (Phi) is 5.88. The van der Waals surface area contributed by atoms with E-state index >= 15 is 0 Å². The van der Waals surface area contributed by atoms with Crippen molar-refractivity contribution in [1.82, 2.24) is 29.7 Å². The first kappa shape index (κ1) is 21.6. The lowest BCUT2D eigenvalue weighted by Gasteiger charge is -2.29. The van der Waals surface area contributed by atoms with E-state index in [1.165, 1.54) is 12.8 Å². The van der Waals surface area contributed by atoms with Gasteiger partial charge in [-0.1, -0.05) is 12.8 Å². The number of hydrogen-bond acceptors (Lipinski definition) is 7. The zero-order valence-electron chi connectivity index (χ0n) is 19.6. The van der Waals surface area contributed by atoms with Crippen LogP contribution in [0.5, 0.6) is 0 Å². The van der Waals surface area contributed by atoms with Gasteiger partial charge in [-0.2, -0.15) is 4.98 Å². The molecular formula is C24H32N8O. The topological polar surface area (TPSA) is 91.2 Å². The Morgan fingerprint density at radius 1 is 1.12 bits per heavy atom. The van der Waals surface area contributed by atoms with E-state index in [0.29, 0.717) is 17.8 Å². The first-order valence-electron chi connectivity index (χ1n) is 11.8. The van der Waals surface area contributed by atoms with E-state index in [1.807, 2.05) is 25.4 Å². The molecular weight excluding hydrogens is 416 g/mol. The zero-order chi connectivity index (χ0) is 22.9. The quantitative estimate of drug-likeness (QED) is 0.620. The largest absolute Gasteiger partial charge is 0.368 e. The van der Waals surface area contributed by atoms with Crippen molar-refractivity contribution in [3.05, 3.63) is 35.8 Å². The molecule has 2 aliphatic rings. The molecule has 0 unspecified atom stereocenters. The van der Waals surface area contributed by atoms with Crippen molar-refractivity contribution in [3.63, 3.8) is 0 Å². The minimum Gasteiger partial charge on any atom is -0.368 e. The monoisotopic (exact) mass is 448 g/mol. The van der Waals surface area contributed by atoms with Gasteiger partial charge in [0.15, 0.2) is 0 Å². The molecule has 9 heteroatoms. The molecule has 0 atom stereocenters. The van der Waals surface area contributed by atoms with Crippen molar-refractivity contribution in [2.45, 2.75) is 38.6 Å². The van der Waals surface area contributed by atoms with Crippen molar-refractivity contribution in [2.75, 3.05) is 50.5 Å². The van der Waals surface area contributed by atoms with Gasteiger partial charge in [-0.15, -0.1) is 0 Å². The number of rotatable bonds is 5. The van der Waals surface area contributed by atoms with Gasteiger partial charge in [0.25, 0.3) is 5.91 Å². The van der Waals surface area contributed by atoms with Crippen LogP contribution < -0.4 is 15.5 Å². The average Bonchev–Trinajstić information content (AvgIpc) is 3.46. The van der Waals surface area contributed by atoms with Crippen LogP contribution in [0.3, 0.4) is 0 Å². The van der Waals surface area contributed by atoms with E-state index in [9.17, 15) is 4.79 Å². The number of carbonyl (C=O) groups excluding carboxylic acids is 1. The third-order valence-corrected chi connectivity index (χ3v) is 6.77. The number of amides is 1. The van der Waals surface area contributed by atoms with Gasteiger partial charge < -0.3 is 25.0 Å². The highest BCUT2D eigenvalue weighted by Gasteiger charge is 2.29. The molecule has 2 fully saturated rings. The second kappa shape index (κ2) is 8.97. The van der Waals surface area contributed by atoms with Crippen LogP contribution in [0, 0.1) is 6.92 Å². The smallest absolute Gasteiger partial charge is 0.270 e. The fourth-order valence-electron chi connectivity index (χ4n) is 4.97. The molecule has 4 heterocycles. The van der Waals surface area contributed by atoms with Crippen LogP contribution in [0.4, 0.5) is 17.5 Å². The van der Waals surface area contributed by atoms with Crippen molar-refractivity contribution < 1.29 is 4.79 Å². The number of aryl methyl sites for hydroxylation is 1. The van der Waals surface area contributed by atoms with Crippen LogP contribution in [0.1, 0.15) is 47.8 Å². The molecule has 1 aliphatic heterocycles. The summed E-state index contributed by atoms with van der Waals surface area (Å²) in [5.41, 5.74) is 3.61. The van der Waals surface area contributed by atoms with Crippen LogP contribution in [0.15, 0.2) is 24.5 Å². The number of anilines is 3. The van der Waals surface area contributed by atoms with Crippen molar-refractivity contribution in [1.29, 1.82) is 0 Å². The number of pyridine rings is 1. The van der Waals surface area contributed by atoms with Crippen LogP contribution in [0.25, 0.3) is 11.0 Å². The Bertz CT molecular complexity index is 1140. The fraction of sp³-hybridized carbons (Fsp3) is 0.500. The third-order valence-electron chi connectivity index (χ3n) is 6.77. The molecule has 1 saturated heterocycles. The maximum absolute atomic E-state index is 13.1. The molecule has 174 valence electrons. The maximum atomic E-state index is 13.1. The summed E-state index contributed by atoms with van der Waals surface area (Å²) < 4.78 is 2.16. The summed E-state index contributed by atoms with van der Waals surface area (Å²) in [5, 5.41) is 7.55. The van der Waals surface area contributed by atoms with Gasteiger partial charge in [0, 0.05) is 57.9 Å². The van der Waals surface area contributed by atoms with Crippen LogP contribution >= 0.6 is 0 Å². The normalized spacial score (nSPS) is 17.0. The highest BCUT2D eigenvalue weighted by molar-refractivity contribution is 6.00. The molecule has 1 amide bonds. The number of fused-ring (bicyclic) bond motifs is 1. The van der Waals surface area contributed by atoms with Gasteiger partial charge >= 0.3 is 0 Å². The molecule has 33 heavy (non-hydrogen) atoms. The van der Waals surface area contributed by atoms with Gasteiger partial charge in [-0.3, -0.25) is 4.79 Å². The third kappa shape index (κ3) is 4.13. The predicted molar refractivity (Wildman–Crippen MR) is 130 cm³/mol. The molecule has 0 bridgehead atoms.